The van der Waals surface area contributed by atoms with E-state index in [0.717, 1.165) is 148 Å². The minimum atomic E-state index is -0.796. The van der Waals surface area contributed by atoms with Crippen molar-refractivity contribution in [2.24, 2.45) is 0 Å². The molecule has 6 nitrogen and oxygen atoms in total. The van der Waals surface area contributed by atoms with Crippen molar-refractivity contribution in [3.63, 3.8) is 0 Å². The zero-order valence-electron chi connectivity index (χ0n) is 46.4. The number of esters is 3. The van der Waals surface area contributed by atoms with E-state index in [0.29, 0.717) is 19.3 Å². The Balaban J connectivity index is 4.30. The molecule has 0 spiro atoms. The third-order valence-electron chi connectivity index (χ3n) is 11.9. The Morgan fingerprint density at radius 1 is 0.292 bits per heavy atom. The van der Waals surface area contributed by atoms with E-state index in [4.69, 9.17) is 14.2 Å². The zero-order chi connectivity index (χ0) is 52.2. The van der Waals surface area contributed by atoms with Crippen molar-refractivity contribution in [2.75, 3.05) is 13.2 Å². The van der Waals surface area contributed by atoms with E-state index in [1.54, 1.807) is 0 Å². The third kappa shape index (κ3) is 56.5. The number of unbranched alkanes of at least 4 members (excludes halogenated alkanes) is 18. The summed E-state index contributed by atoms with van der Waals surface area (Å²) in [6.07, 6.45) is 83.1. The fourth-order valence-corrected chi connectivity index (χ4v) is 7.59. The Hall–Kier alpha value is -4.45. The summed E-state index contributed by atoms with van der Waals surface area (Å²) in [5.74, 6) is -0.938. The minimum absolute atomic E-state index is 0.0931. The highest BCUT2D eigenvalue weighted by molar-refractivity contribution is 5.71. The topological polar surface area (TPSA) is 78.9 Å². The van der Waals surface area contributed by atoms with Crippen molar-refractivity contribution in [3.8, 4) is 0 Å². The number of hydrogen-bond acceptors (Lipinski definition) is 6. The molecule has 0 aliphatic heterocycles. The van der Waals surface area contributed by atoms with Gasteiger partial charge in [0.05, 0.1) is 0 Å². The van der Waals surface area contributed by atoms with E-state index in [2.05, 4.69) is 154 Å². The Morgan fingerprint density at radius 2 is 0.542 bits per heavy atom. The zero-order valence-corrected chi connectivity index (χ0v) is 46.4. The van der Waals surface area contributed by atoms with Gasteiger partial charge in [-0.15, -0.1) is 0 Å². The highest BCUT2D eigenvalue weighted by atomic mass is 16.6. The quantitative estimate of drug-likeness (QED) is 0.0261. The van der Waals surface area contributed by atoms with Crippen LogP contribution in [-0.4, -0.2) is 37.2 Å². The molecular weight excluding hydrogens is 889 g/mol. The van der Waals surface area contributed by atoms with Crippen molar-refractivity contribution < 1.29 is 28.6 Å². The number of rotatable bonds is 51. The summed E-state index contributed by atoms with van der Waals surface area (Å²) in [6, 6.07) is 0. The second kappa shape index (κ2) is 59.1. The molecule has 0 rings (SSSR count). The van der Waals surface area contributed by atoms with Gasteiger partial charge in [-0.3, -0.25) is 14.4 Å². The maximum Gasteiger partial charge on any atom is 0.306 e. The van der Waals surface area contributed by atoms with E-state index < -0.39 is 6.10 Å². The molecule has 1 atom stereocenters. The molecule has 0 aromatic carbocycles. The van der Waals surface area contributed by atoms with Gasteiger partial charge in [-0.2, -0.15) is 0 Å². The van der Waals surface area contributed by atoms with Gasteiger partial charge in [-0.1, -0.05) is 244 Å². The Bertz CT molecular complexity index is 1560. The standard InChI is InChI=1S/C66H106O6/c1-4-7-10-13-16-19-21-23-25-27-28-29-30-31-32-33-34-35-36-37-38-40-41-43-45-47-50-53-56-59-65(68)71-62-63(61-70-64(67)58-55-52-49-18-15-12-9-6-3)72-66(69)60-57-54-51-48-46-44-42-39-26-24-22-20-17-14-11-8-5-2/h7-8,10-11,16-17,19-20,23-26,28-29,31-32,34-35,37-38,41,43,63H,4-6,9,12-15,18,21-22,27,30,33,36,39-40,42,44-62H2,1-3H3/b10-7-,11-8-,19-16-,20-17-,25-23-,26-24-,29-28-,32-31-,35-34-,38-37-,43-41-. The van der Waals surface area contributed by atoms with Crippen LogP contribution in [0.15, 0.2) is 134 Å². The number of ether oxygens (including phenoxy) is 3. The molecule has 0 bridgehead atoms. The van der Waals surface area contributed by atoms with Crippen LogP contribution in [0.25, 0.3) is 0 Å². The fourth-order valence-electron chi connectivity index (χ4n) is 7.59. The molecule has 6 heteroatoms. The maximum absolute atomic E-state index is 12.8. The van der Waals surface area contributed by atoms with E-state index in [1.165, 1.54) is 57.8 Å². The molecule has 72 heavy (non-hydrogen) atoms. The molecule has 0 N–H and O–H groups in total. The first-order valence-corrected chi connectivity index (χ1v) is 29.2. The Labute approximate surface area is 443 Å². The van der Waals surface area contributed by atoms with Crippen LogP contribution in [0.3, 0.4) is 0 Å². The smallest absolute Gasteiger partial charge is 0.306 e. The summed E-state index contributed by atoms with van der Waals surface area (Å²) >= 11 is 0. The van der Waals surface area contributed by atoms with Crippen LogP contribution in [0.1, 0.15) is 245 Å². The lowest BCUT2D eigenvalue weighted by atomic mass is 10.1. The summed E-state index contributed by atoms with van der Waals surface area (Å²) < 4.78 is 16.8. The molecule has 0 fully saturated rings. The maximum atomic E-state index is 12.8. The van der Waals surface area contributed by atoms with Crippen molar-refractivity contribution >= 4 is 17.9 Å². The minimum Gasteiger partial charge on any atom is -0.462 e. The predicted molar refractivity (Wildman–Crippen MR) is 311 cm³/mol. The molecular formula is C66H106O6. The van der Waals surface area contributed by atoms with Crippen LogP contribution < -0.4 is 0 Å². The van der Waals surface area contributed by atoms with Crippen LogP contribution in [-0.2, 0) is 28.6 Å². The van der Waals surface area contributed by atoms with Gasteiger partial charge in [0, 0.05) is 19.3 Å². The first-order valence-electron chi connectivity index (χ1n) is 29.2. The van der Waals surface area contributed by atoms with E-state index in [1.807, 2.05) is 0 Å². The van der Waals surface area contributed by atoms with Gasteiger partial charge < -0.3 is 14.2 Å². The van der Waals surface area contributed by atoms with Crippen molar-refractivity contribution in [1.82, 2.24) is 0 Å². The molecule has 0 amide bonds. The molecule has 0 aromatic rings. The highest BCUT2D eigenvalue weighted by Crippen LogP contribution is 2.14. The summed E-state index contributed by atoms with van der Waals surface area (Å²) in [5, 5.41) is 0. The van der Waals surface area contributed by atoms with Gasteiger partial charge in [0.2, 0.25) is 0 Å². The number of carbonyl (C=O) groups excluding carboxylic acids is 3. The second-order valence-corrected chi connectivity index (χ2v) is 18.8. The monoisotopic (exact) mass is 995 g/mol. The van der Waals surface area contributed by atoms with E-state index in [9.17, 15) is 14.4 Å². The van der Waals surface area contributed by atoms with Crippen LogP contribution >= 0.6 is 0 Å². The highest BCUT2D eigenvalue weighted by Gasteiger charge is 2.19. The Kier molecular flexibility index (Phi) is 55.5. The van der Waals surface area contributed by atoms with E-state index in [-0.39, 0.29) is 31.1 Å². The van der Waals surface area contributed by atoms with Crippen LogP contribution in [0.4, 0.5) is 0 Å². The molecule has 0 aromatic heterocycles. The first kappa shape index (κ1) is 67.5. The number of allylic oxidation sites excluding steroid dienone is 22. The second-order valence-electron chi connectivity index (χ2n) is 18.8. The first-order chi connectivity index (χ1) is 35.5. The van der Waals surface area contributed by atoms with Crippen LogP contribution in [0.2, 0.25) is 0 Å². The SMILES string of the molecule is CC/C=C\C/C=C\C/C=C\C/C=C\C/C=C\C/C=C\C/C=C\C/C=C\CCCCCCC(=O)OCC(COC(=O)CCCCCCCCCC)OC(=O)CCCCCCCCC/C=C\C/C=C\C/C=C\CC. The predicted octanol–water partition coefficient (Wildman–Crippen LogP) is 19.8. The van der Waals surface area contributed by atoms with Gasteiger partial charge in [-0.25, -0.2) is 0 Å². The van der Waals surface area contributed by atoms with Gasteiger partial charge in [0.15, 0.2) is 6.10 Å². The Morgan fingerprint density at radius 3 is 0.847 bits per heavy atom. The summed E-state index contributed by atoms with van der Waals surface area (Å²) in [5.41, 5.74) is 0. The molecule has 0 aliphatic carbocycles. The van der Waals surface area contributed by atoms with Crippen LogP contribution in [0.5, 0.6) is 0 Å². The summed E-state index contributed by atoms with van der Waals surface area (Å²) in [6.45, 7) is 6.35. The van der Waals surface area contributed by atoms with Crippen molar-refractivity contribution in [1.29, 1.82) is 0 Å². The summed E-state index contributed by atoms with van der Waals surface area (Å²) in [4.78, 5) is 38.0. The van der Waals surface area contributed by atoms with Crippen molar-refractivity contribution in [3.05, 3.63) is 134 Å². The largest absolute Gasteiger partial charge is 0.462 e. The molecule has 1 unspecified atom stereocenters. The van der Waals surface area contributed by atoms with Crippen LogP contribution in [0, 0.1) is 0 Å². The molecule has 406 valence electrons. The van der Waals surface area contributed by atoms with Gasteiger partial charge in [-0.05, 0) is 116 Å². The van der Waals surface area contributed by atoms with E-state index >= 15 is 0 Å². The third-order valence-corrected chi connectivity index (χ3v) is 11.9. The lowest BCUT2D eigenvalue weighted by molar-refractivity contribution is -0.167. The number of hydrogen-bond donors (Lipinski definition) is 0. The average Bonchev–Trinajstić information content (AvgIpc) is 3.38. The van der Waals surface area contributed by atoms with Gasteiger partial charge in [0.1, 0.15) is 13.2 Å². The number of carbonyl (C=O) groups is 3. The molecule has 0 aliphatic rings. The molecule has 0 radical (unpaired) electrons. The van der Waals surface area contributed by atoms with Gasteiger partial charge in [0.25, 0.3) is 0 Å². The molecule has 0 saturated carbocycles. The van der Waals surface area contributed by atoms with Crippen molar-refractivity contribution in [2.45, 2.75) is 252 Å². The average molecular weight is 996 g/mol. The fraction of sp³-hybridized carbons (Fsp3) is 0.621. The van der Waals surface area contributed by atoms with Gasteiger partial charge >= 0.3 is 17.9 Å². The molecule has 0 heterocycles. The lowest BCUT2D eigenvalue weighted by Crippen LogP contribution is -2.30. The normalized spacial score (nSPS) is 13.1. The lowest BCUT2D eigenvalue weighted by Gasteiger charge is -2.18. The summed E-state index contributed by atoms with van der Waals surface area (Å²) in [7, 11) is 0. The molecule has 0 saturated heterocycles.